The summed E-state index contributed by atoms with van der Waals surface area (Å²) >= 11 is 1.66. The third kappa shape index (κ3) is 4.54. The number of hydrogen-bond acceptors (Lipinski definition) is 4. The molecule has 0 radical (unpaired) electrons. The minimum absolute atomic E-state index is 0.134. The first kappa shape index (κ1) is 16.5. The first-order valence-corrected chi connectivity index (χ1v) is 8.05. The van der Waals surface area contributed by atoms with Gasteiger partial charge in [0.25, 0.3) is 0 Å². The smallest absolute Gasteiger partial charge is 0.315 e. The first-order valence-electron chi connectivity index (χ1n) is 7.23. The monoisotopic (exact) mass is 319 g/mol. The molecule has 0 fully saturated rings. The zero-order valence-electron chi connectivity index (χ0n) is 12.8. The summed E-state index contributed by atoms with van der Waals surface area (Å²) in [5, 5.41) is 16.1. The maximum atomic E-state index is 11.9. The second-order valence-corrected chi connectivity index (χ2v) is 6.33. The molecule has 118 valence electrons. The van der Waals surface area contributed by atoms with Gasteiger partial charge in [-0.3, -0.25) is 0 Å². The van der Waals surface area contributed by atoms with Gasteiger partial charge in [-0.2, -0.15) is 0 Å². The summed E-state index contributed by atoms with van der Waals surface area (Å²) in [6, 6.07) is 8.75. The van der Waals surface area contributed by atoms with E-state index in [4.69, 9.17) is 0 Å². The van der Waals surface area contributed by atoms with E-state index in [1.807, 2.05) is 44.2 Å². The van der Waals surface area contributed by atoms with Crippen LogP contribution in [0.5, 0.6) is 0 Å². The van der Waals surface area contributed by atoms with Crippen molar-refractivity contribution in [2.24, 2.45) is 0 Å². The van der Waals surface area contributed by atoms with Crippen molar-refractivity contribution >= 4 is 17.4 Å². The molecule has 1 atom stereocenters. The lowest BCUT2D eigenvalue weighted by molar-refractivity contribution is 0.217. The zero-order chi connectivity index (χ0) is 15.9. The van der Waals surface area contributed by atoms with Crippen molar-refractivity contribution in [3.05, 3.63) is 51.5 Å². The third-order valence-electron chi connectivity index (χ3n) is 3.33. The van der Waals surface area contributed by atoms with Gasteiger partial charge in [-0.05, 0) is 19.4 Å². The van der Waals surface area contributed by atoms with E-state index in [0.29, 0.717) is 6.54 Å². The number of thiazole rings is 1. The molecule has 1 heterocycles. The average Bonchev–Trinajstić information content (AvgIpc) is 2.83. The van der Waals surface area contributed by atoms with E-state index in [0.717, 1.165) is 22.7 Å². The summed E-state index contributed by atoms with van der Waals surface area (Å²) in [4.78, 5) is 17.5. The lowest BCUT2D eigenvalue weighted by Crippen LogP contribution is -2.40. The molecule has 0 aliphatic heterocycles. The molecule has 2 amide bonds. The van der Waals surface area contributed by atoms with E-state index < -0.39 is 6.04 Å². The van der Waals surface area contributed by atoms with Crippen molar-refractivity contribution in [1.29, 1.82) is 0 Å². The Balaban J connectivity index is 1.81. The van der Waals surface area contributed by atoms with E-state index in [-0.39, 0.29) is 12.6 Å². The van der Waals surface area contributed by atoms with Gasteiger partial charge < -0.3 is 15.7 Å². The SMILES string of the molecule is Cc1nc(C)c(CCNC(=O)NC(CO)c2ccccc2)s1. The summed E-state index contributed by atoms with van der Waals surface area (Å²) in [7, 11) is 0. The predicted octanol–water partition coefficient (Wildman–Crippen LogP) is 2.34. The lowest BCUT2D eigenvalue weighted by atomic mass is 10.1. The fourth-order valence-corrected chi connectivity index (χ4v) is 3.16. The summed E-state index contributed by atoms with van der Waals surface area (Å²) in [5.74, 6) is 0. The Morgan fingerprint density at radius 3 is 2.64 bits per heavy atom. The number of urea groups is 1. The summed E-state index contributed by atoms with van der Waals surface area (Å²) in [5.41, 5.74) is 1.91. The number of rotatable bonds is 6. The molecule has 0 saturated heterocycles. The van der Waals surface area contributed by atoms with Gasteiger partial charge in [0.2, 0.25) is 0 Å². The van der Waals surface area contributed by atoms with E-state index >= 15 is 0 Å². The number of benzene rings is 1. The first-order chi connectivity index (χ1) is 10.6. The molecule has 0 aliphatic carbocycles. The number of carbonyl (C=O) groups is 1. The normalized spacial score (nSPS) is 12.0. The van der Waals surface area contributed by atoms with Crippen LogP contribution in [0.3, 0.4) is 0 Å². The minimum atomic E-state index is -0.395. The number of aliphatic hydroxyl groups is 1. The Labute approximate surface area is 134 Å². The maximum Gasteiger partial charge on any atom is 0.315 e. The molecule has 0 saturated carbocycles. The van der Waals surface area contributed by atoms with E-state index in [2.05, 4.69) is 15.6 Å². The molecule has 0 spiro atoms. The largest absolute Gasteiger partial charge is 0.394 e. The van der Waals surface area contributed by atoms with Crippen molar-refractivity contribution in [2.75, 3.05) is 13.2 Å². The van der Waals surface area contributed by atoms with Gasteiger partial charge >= 0.3 is 6.03 Å². The van der Waals surface area contributed by atoms with Crippen LogP contribution in [0.4, 0.5) is 4.79 Å². The fraction of sp³-hybridized carbons (Fsp3) is 0.375. The van der Waals surface area contributed by atoms with Crippen molar-refractivity contribution in [3.63, 3.8) is 0 Å². The highest BCUT2D eigenvalue weighted by Gasteiger charge is 2.13. The number of carbonyl (C=O) groups excluding carboxylic acids is 1. The lowest BCUT2D eigenvalue weighted by Gasteiger charge is -2.17. The van der Waals surface area contributed by atoms with Gasteiger partial charge in [-0.1, -0.05) is 30.3 Å². The van der Waals surface area contributed by atoms with E-state index in [9.17, 15) is 9.90 Å². The van der Waals surface area contributed by atoms with Crippen molar-refractivity contribution in [1.82, 2.24) is 15.6 Å². The Hall–Kier alpha value is -1.92. The average molecular weight is 319 g/mol. The molecule has 1 aromatic heterocycles. The predicted molar refractivity (Wildman–Crippen MR) is 88.1 cm³/mol. The highest BCUT2D eigenvalue weighted by molar-refractivity contribution is 7.11. The van der Waals surface area contributed by atoms with Crippen LogP contribution >= 0.6 is 11.3 Å². The molecule has 0 aliphatic rings. The Kier molecular flexibility index (Phi) is 5.91. The van der Waals surface area contributed by atoms with Crippen LogP contribution in [0.1, 0.15) is 27.2 Å². The van der Waals surface area contributed by atoms with E-state index in [1.165, 1.54) is 4.88 Å². The van der Waals surface area contributed by atoms with Gasteiger partial charge in [-0.15, -0.1) is 11.3 Å². The van der Waals surface area contributed by atoms with Crippen LogP contribution < -0.4 is 10.6 Å². The Morgan fingerprint density at radius 1 is 1.32 bits per heavy atom. The molecule has 3 N–H and O–H groups in total. The van der Waals surface area contributed by atoms with Crippen LogP contribution in [0.2, 0.25) is 0 Å². The summed E-state index contributed by atoms with van der Waals surface area (Å²) in [6.07, 6.45) is 0.764. The number of nitrogens with zero attached hydrogens (tertiary/aromatic N) is 1. The molecule has 2 rings (SSSR count). The van der Waals surface area contributed by atoms with Gasteiger partial charge in [0.15, 0.2) is 0 Å². The zero-order valence-corrected chi connectivity index (χ0v) is 13.6. The third-order valence-corrected chi connectivity index (χ3v) is 4.46. The van der Waals surface area contributed by atoms with Gasteiger partial charge in [0.1, 0.15) is 0 Å². The number of hydrogen-bond donors (Lipinski definition) is 3. The molecule has 2 aromatic rings. The van der Waals surface area contributed by atoms with Crippen LogP contribution in [0.25, 0.3) is 0 Å². The number of aryl methyl sites for hydroxylation is 2. The minimum Gasteiger partial charge on any atom is -0.394 e. The van der Waals surface area contributed by atoms with Crippen molar-refractivity contribution < 1.29 is 9.90 Å². The van der Waals surface area contributed by atoms with Gasteiger partial charge in [0, 0.05) is 17.8 Å². The summed E-state index contributed by atoms with van der Waals surface area (Å²) in [6.45, 7) is 4.37. The highest BCUT2D eigenvalue weighted by Crippen LogP contribution is 2.17. The molecule has 1 aromatic carbocycles. The quantitative estimate of drug-likeness (QED) is 0.765. The van der Waals surface area contributed by atoms with Crippen LogP contribution in [0, 0.1) is 13.8 Å². The number of nitrogens with one attached hydrogen (secondary N) is 2. The van der Waals surface area contributed by atoms with Gasteiger partial charge in [-0.25, -0.2) is 9.78 Å². The standard InChI is InChI=1S/C16H21N3O2S/c1-11-15(22-12(2)18-11)8-9-17-16(21)19-14(10-20)13-6-4-3-5-7-13/h3-7,14,20H,8-10H2,1-2H3,(H2,17,19,21). The van der Waals surface area contributed by atoms with E-state index in [1.54, 1.807) is 11.3 Å². The Bertz CT molecular complexity index is 613. The fourth-order valence-electron chi connectivity index (χ4n) is 2.22. The molecule has 0 bridgehead atoms. The molecule has 1 unspecified atom stereocenters. The maximum absolute atomic E-state index is 11.9. The second kappa shape index (κ2) is 7.91. The molecular weight excluding hydrogens is 298 g/mol. The summed E-state index contributed by atoms with van der Waals surface area (Å²) < 4.78 is 0. The van der Waals surface area contributed by atoms with Crippen molar-refractivity contribution in [3.8, 4) is 0 Å². The highest BCUT2D eigenvalue weighted by atomic mass is 32.1. The molecule has 5 nitrogen and oxygen atoms in total. The molecule has 6 heteroatoms. The topological polar surface area (TPSA) is 74.2 Å². The van der Waals surface area contributed by atoms with Crippen LogP contribution in [0.15, 0.2) is 30.3 Å². The second-order valence-electron chi connectivity index (χ2n) is 5.04. The van der Waals surface area contributed by atoms with Gasteiger partial charge in [0.05, 0.1) is 23.4 Å². The van der Waals surface area contributed by atoms with Crippen molar-refractivity contribution in [2.45, 2.75) is 26.3 Å². The van der Waals surface area contributed by atoms with Crippen LogP contribution in [-0.2, 0) is 6.42 Å². The molecular formula is C16H21N3O2S. The number of aromatic nitrogens is 1. The number of amides is 2. The Morgan fingerprint density at radius 2 is 2.05 bits per heavy atom. The molecule has 22 heavy (non-hydrogen) atoms. The number of aliphatic hydroxyl groups excluding tert-OH is 1. The van der Waals surface area contributed by atoms with Crippen LogP contribution in [-0.4, -0.2) is 29.3 Å².